The Bertz CT molecular complexity index is 1180. The third kappa shape index (κ3) is 3.05. The number of benzene rings is 2. The van der Waals surface area contributed by atoms with Crippen LogP contribution >= 0.6 is 0 Å². The summed E-state index contributed by atoms with van der Waals surface area (Å²) in [6, 6.07) is 19.4. The van der Waals surface area contributed by atoms with Crippen molar-refractivity contribution in [3.8, 4) is 11.1 Å². The highest BCUT2D eigenvalue weighted by Crippen LogP contribution is 2.28. The van der Waals surface area contributed by atoms with Gasteiger partial charge in [0.15, 0.2) is 0 Å². The lowest BCUT2D eigenvalue weighted by Crippen LogP contribution is -2.25. The third-order valence-electron chi connectivity index (χ3n) is 4.39. The number of ketones is 1. The molecule has 2 aromatic carbocycles. The van der Waals surface area contributed by atoms with Gasteiger partial charge in [-0.2, -0.15) is 0 Å². The molecule has 28 heavy (non-hydrogen) atoms. The highest BCUT2D eigenvalue weighted by atomic mass is 19.1. The second-order valence-corrected chi connectivity index (χ2v) is 6.15. The molecule has 0 atom stereocenters. The number of anilines is 1. The first-order valence-electron chi connectivity index (χ1n) is 8.51. The first-order valence-corrected chi connectivity index (χ1v) is 8.51. The lowest BCUT2D eigenvalue weighted by molar-refractivity contribution is -0.112. The molecular weight excluding hydrogens is 362 g/mol. The summed E-state index contributed by atoms with van der Waals surface area (Å²) in [4.78, 5) is 25.5. The van der Waals surface area contributed by atoms with Gasteiger partial charge in [0.05, 0.1) is 0 Å². The Morgan fingerprint density at radius 1 is 0.821 bits per heavy atom. The summed E-state index contributed by atoms with van der Waals surface area (Å²) in [6.07, 6.45) is 1.66. The Balaban J connectivity index is 1.80. The Morgan fingerprint density at radius 3 is 2.21 bits per heavy atom. The van der Waals surface area contributed by atoms with E-state index in [4.69, 9.17) is 0 Å². The van der Waals surface area contributed by atoms with E-state index in [1.165, 1.54) is 6.07 Å². The molecule has 0 unspecified atom stereocenters. The van der Waals surface area contributed by atoms with Gasteiger partial charge in [-0.15, -0.1) is 0 Å². The summed E-state index contributed by atoms with van der Waals surface area (Å²) in [6.45, 7) is 0. The number of fused-ring (bicyclic) bond motifs is 1. The van der Waals surface area contributed by atoms with Crippen LogP contribution in [0, 0.1) is 11.6 Å². The molecule has 4 nitrogen and oxygen atoms in total. The minimum atomic E-state index is -1.12. The van der Waals surface area contributed by atoms with Gasteiger partial charge in [0, 0.05) is 17.3 Å². The molecule has 4 aromatic rings. The van der Waals surface area contributed by atoms with Crippen LogP contribution in [0.25, 0.3) is 16.6 Å². The van der Waals surface area contributed by atoms with Crippen molar-refractivity contribution in [3.63, 3.8) is 0 Å². The number of halogens is 2. The molecule has 138 valence electrons. The second kappa shape index (κ2) is 7.08. The van der Waals surface area contributed by atoms with Crippen LogP contribution in [0.4, 0.5) is 14.5 Å². The van der Waals surface area contributed by atoms with Gasteiger partial charge in [0.2, 0.25) is 0 Å². The van der Waals surface area contributed by atoms with E-state index in [1.54, 1.807) is 28.8 Å². The third-order valence-corrected chi connectivity index (χ3v) is 4.39. The molecule has 0 saturated carbocycles. The summed E-state index contributed by atoms with van der Waals surface area (Å²) in [5.74, 6) is -3.92. The van der Waals surface area contributed by atoms with Gasteiger partial charge in [0.25, 0.3) is 11.7 Å². The summed E-state index contributed by atoms with van der Waals surface area (Å²) in [5, 5.41) is 2.06. The van der Waals surface area contributed by atoms with Gasteiger partial charge in [-0.25, -0.2) is 8.78 Å². The molecule has 0 aliphatic carbocycles. The zero-order valence-electron chi connectivity index (χ0n) is 14.5. The number of carbonyl (C=O) groups excluding carboxylic acids is 2. The molecule has 0 aliphatic heterocycles. The van der Waals surface area contributed by atoms with Crippen LogP contribution in [0.1, 0.15) is 10.5 Å². The smallest absolute Gasteiger partial charge is 0.298 e. The average Bonchev–Trinajstić information content (AvgIpc) is 3.10. The summed E-state index contributed by atoms with van der Waals surface area (Å²) >= 11 is 0. The number of rotatable bonds is 4. The Hall–Kier alpha value is -3.80. The van der Waals surface area contributed by atoms with Gasteiger partial charge in [0.1, 0.15) is 23.0 Å². The molecule has 4 rings (SSSR count). The minimum Gasteiger partial charge on any atom is -0.314 e. The molecule has 6 heteroatoms. The van der Waals surface area contributed by atoms with E-state index < -0.39 is 29.0 Å². The van der Waals surface area contributed by atoms with Crippen LogP contribution < -0.4 is 5.32 Å². The van der Waals surface area contributed by atoms with Crippen molar-refractivity contribution in [2.24, 2.45) is 0 Å². The Labute approximate surface area is 159 Å². The van der Waals surface area contributed by atoms with Crippen LogP contribution in [0.2, 0.25) is 0 Å². The van der Waals surface area contributed by atoms with E-state index in [-0.39, 0.29) is 5.69 Å². The maximum Gasteiger partial charge on any atom is 0.298 e. The highest BCUT2D eigenvalue weighted by molar-refractivity contribution is 6.47. The minimum absolute atomic E-state index is 0.121. The number of nitrogens with zero attached hydrogens (tertiary/aromatic N) is 1. The topological polar surface area (TPSA) is 50.6 Å². The quantitative estimate of drug-likeness (QED) is 0.414. The summed E-state index contributed by atoms with van der Waals surface area (Å²) in [5.41, 5.74) is 1.49. The number of Topliss-reactive ketones (excluding diaryl/α,β-unsaturated/α-hetero) is 1. The van der Waals surface area contributed by atoms with Crippen LogP contribution in [-0.4, -0.2) is 16.1 Å². The predicted octanol–water partition coefficient (Wildman–Crippen LogP) is 4.71. The van der Waals surface area contributed by atoms with E-state index in [0.29, 0.717) is 5.56 Å². The summed E-state index contributed by atoms with van der Waals surface area (Å²) in [7, 11) is 0. The fourth-order valence-electron chi connectivity index (χ4n) is 3.09. The summed E-state index contributed by atoms with van der Waals surface area (Å²) < 4.78 is 29.3. The van der Waals surface area contributed by atoms with Crippen molar-refractivity contribution in [3.05, 3.63) is 96.3 Å². The fourth-order valence-corrected chi connectivity index (χ4v) is 3.09. The van der Waals surface area contributed by atoms with E-state index in [0.717, 1.165) is 23.2 Å². The van der Waals surface area contributed by atoms with Crippen molar-refractivity contribution in [1.29, 1.82) is 0 Å². The molecule has 0 radical (unpaired) electrons. The molecule has 0 bridgehead atoms. The Kier molecular flexibility index (Phi) is 4.45. The van der Waals surface area contributed by atoms with Crippen molar-refractivity contribution in [1.82, 2.24) is 4.40 Å². The number of para-hydroxylation sites is 1. The van der Waals surface area contributed by atoms with Gasteiger partial charge < -0.3 is 9.72 Å². The van der Waals surface area contributed by atoms with Gasteiger partial charge in [-0.1, -0.05) is 42.5 Å². The molecule has 2 heterocycles. The second-order valence-electron chi connectivity index (χ2n) is 6.15. The number of nitrogens with one attached hydrogen (secondary N) is 1. The van der Waals surface area contributed by atoms with Crippen molar-refractivity contribution in [2.45, 2.75) is 0 Å². The highest BCUT2D eigenvalue weighted by Gasteiger charge is 2.26. The van der Waals surface area contributed by atoms with Crippen LogP contribution in [0.3, 0.4) is 0 Å². The van der Waals surface area contributed by atoms with E-state index in [2.05, 4.69) is 5.32 Å². The van der Waals surface area contributed by atoms with E-state index >= 15 is 0 Å². The van der Waals surface area contributed by atoms with Crippen LogP contribution in [0.15, 0.2) is 79.0 Å². The molecule has 0 fully saturated rings. The Morgan fingerprint density at radius 2 is 1.50 bits per heavy atom. The zero-order chi connectivity index (χ0) is 19.7. The molecule has 1 amide bonds. The van der Waals surface area contributed by atoms with Gasteiger partial charge in [-0.3, -0.25) is 9.59 Å². The van der Waals surface area contributed by atoms with Crippen LogP contribution in [0.5, 0.6) is 0 Å². The molecular formula is C22H14F2N2O2. The number of aromatic nitrogens is 1. The number of hydrogen-bond acceptors (Lipinski definition) is 2. The first kappa shape index (κ1) is 17.6. The number of hydrogen-bond donors (Lipinski definition) is 1. The van der Waals surface area contributed by atoms with Gasteiger partial charge in [-0.05, 0) is 35.9 Å². The van der Waals surface area contributed by atoms with Gasteiger partial charge >= 0.3 is 0 Å². The molecule has 0 aliphatic rings. The number of amides is 1. The zero-order valence-corrected chi connectivity index (χ0v) is 14.5. The number of carbonyl (C=O) groups is 2. The standard InChI is InChI=1S/C22H14F2N2O2/c23-17-10-6-11-18(24)19(17)25-22(28)21(27)20-16(14-7-2-1-3-8-14)13-15-9-4-5-12-26(15)20/h1-13H,(H,25,28). The first-order chi connectivity index (χ1) is 13.6. The van der Waals surface area contributed by atoms with Crippen molar-refractivity contribution >= 4 is 22.9 Å². The number of pyridine rings is 1. The van der Waals surface area contributed by atoms with E-state index in [9.17, 15) is 18.4 Å². The molecule has 1 N–H and O–H groups in total. The SMILES string of the molecule is O=C(Nc1c(F)cccc1F)C(=O)c1c(-c2ccccc2)cc2ccccn12. The predicted molar refractivity (Wildman–Crippen MR) is 102 cm³/mol. The van der Waals surface area contributed by atoms with Crippen molar-refractivity contribution in [2.75, 3.05) is 5.32 Å². The lowest BCUT2D eigenvalue weighted by Gasteiger charge is -2.09. The molecule has 0 saturated heterocycles. The molecule has 0 spiro atoms. The lowest BCUT2D eigenvalue weighted by atomic mass is 10.0. The van der Waals surface area contributed by atoms with Crippen LogP contribution in [-0.2, 0) is 4.79 Å². The molecule has 2 aromatic heterocycles. The average molecular weight is 376 g/mol. The maximum absolute atomic E-state index is 13.8. The largest absolute Gasteiger partial charge is 0.314 e. The van der Waals surface area contributed by atoms with E-state index in [1.807, 2.05) is 36.4 Å². The van der Waals surface area contributed by atoms with Crippen molar-refractivity contribution < 1.29 is 18.4 Å². The normalized spacial score (nSPS) is 10.8. The maximum atomic E-state index is 13.8. The monoisotopic (exact) mass is 376 g/mol. The fraction of sp³-hybridized carbons (Fsp3) is 0.